The molecule has 0 radical (unpaired) electrons. The average molecular weight is 559 g/mol. The van der Waals surface area contributed by atoms with Crippen LogP contribution in [0.15, 0.2) is 24.3 Å². The van der Waals surface area contributed by atoms with Crippen LogP contribution in [0.1, 0.15) is 5.56 Å². The van der Waals surface area contributed by atoms with E-state index in [2.05, 4.69) is 0 Å². The molecule has 4 nitrogen and oxygen atoms in total. The molecule has 0 fully saturated rings. The van der Waals surface area contributed by atoms with Crippen LogP contribution in [0.2, 0.25) is 0 Å². The Hall–Kier alpha value is 0.640. The smallest absolute Gasteiger partial charge is 0.336 e. The van der Waals surface area contributed by atoms with Gasteiger partial charge in [-0.25, -0.2) is 4.79 Å². The zero-order valence-corrected chi connectivity index (χ0v) is 14.4. The van der Waals surface area contributed by atoms with Crippen LogP contribution in [0.5, 0.6) is 5.75 Å². The predicted molar refractivity (Wildman–Crippen MR) is 86.1 cm³/mol. The minimum absolute atomic E-state index is 0.180. The first-order chi connectivity index (χ1) is 7.36. The summed E-state index contributed by atoms with van der Waals surface area (Å²) < 4.78 is 0.619. The number of carbonyl (C=O) groups is 1. The predicted octanol–water partition coefficient (Wildman–Crippen LogP) is 3.15. The van der Waals surface area contributed by atoms with Crippen molar-refractivity contribution in [3.8, 4) is 5.75 Å². The van der Waals surface area contributed by atoms with Crippen molar-refractivity contribution in [2.75, 3.05) is 0 Å². The molecule has 0 aromatic heterocycles. The summed E-state index contributed by atoms with van der Waals surface area (Å²) in [4.78, 5) is 11.2. The molecule has 0 amide bonds. The van der Waals surface area contributed by atoms with E-state index in [-0.39, 0.29) is 5.75 Å². The minimum atomic E-state index is -0.990. The Morgan fingerprint density at radius 2 is 1.81 bits per heavy atom. The van der Waals surface area contributed by atoms with Crippen molar-refractivity contribution in [2.24, 2.45) is 0 Å². The van der Waals surface area contributed by atoms with Gasteiger partial charge in [0.1, 0.15) is 5.75 Å². The summed E-state index contributed by atoms with van der Waals surface area (Å²) in [5, 5.41) is 18.4. The van der Waals surface area contributed by atoms with Crippen LogP contribution in [0.25, 0.3) is 0 Å². The molecule has 88 valence electrons. The van der Waals surface area contributed by atoms with Crippen LogP contribution in [0.4, 0.5) is 0 Å². The second-order valence-electron chi connectivity index (χ2n) is 3.14. The van der Waals surface area contributed by atoms with Crippen molar-refractivity contribution in [3.05, 3.63) is 29.8 Å². The number of nitrogens with zero attached hydrogens (tertiary/aromatic N) is 1. The van der Waals surface area contributed by atoms with E-state index in [4.69, 9.17) is 5.11 Å². The fourth-order valence-corrected chi connectivity index (χ4v) is 2.29. The maximum Gasteiger partial charge on any atom is 0.336 e. The summed E-state index contributed by atoms with van der Waals surface area (Å²) in [5.41, 5.74) is 0.868. The van der Waals surface area contributed by atoms with E-state index in [1.54, 1.807) is 25.6 Å². The normalized spacial score (nSPS) is 14.8. The summed E-state index contributed by atoms with van der Waals surface area (Å²) >= 11 is 5.82. The van der Waals surface area contributed by atoms with Crippen LogP contribution in [-0.4, -0.2) is 21.1 Å². The number of benzene rings is 1. The highest BCUT2D eigenvalue weighted by Gasteiger charge is 2.40. The third-order valence-corrected chi connectivity index (χ3v) is 6.79. The molecule has 1 aromatic rings. The Kier molecular flexibility index (Phi) is 5.51. The highest BCUT2D eigenvalue weighted by molar-refractivity contribution is 14.2. The zero-order chi connectivity index (χ0) is 12.3. The van der Waals surface area contributed by atoms with E-state index >= 15 is 0 Å². The minimum Gasteiger partial charge on any atom is -0.508 e. The van der Waals surface area contributed by atoms with Crippen molar-refractivity contribution in [3.63, 3.8) is 0 Å². The number of carboxylic acids is 1. The van der Waals surface area contributed by atoms with Gasteiger partial charge in [-0.3, -0.25) is 0 Å². The molecule has 1 unspecified atom stereocenters. The van der Waals surface area contributed by atoms with Gasteiger partial charge in [0.05, 0.1) is 0 Å². The number of aliphatic carboxylic acids is 1. The van der Waals surface area contributed by atoms with Gasteiger partial charge >= 0.3 is 5.97 Å². The lowest BCUT2D eigenvalue weighted by molar-refractivity contribution is -0.140. The Bertz CT molecular complexity index is 382. The first-order valence-corrected chi connectivity index (χ1v) is 7.19. The summed E-state index contributed by atoms with van der Waals surface area (Å²) in [6, 6.07) is 6.56. The lowest BCUT2D eigenvalue weighted by atomic mass is 10.1. The second-order valence-corrected chi connectivity index (χ2v) is 8.70. The van der Waals surface area contributed by atoms with Crippen molar-refractivity contribution in [2.45, 2.75) is 9.97 Å². The van der Waals surface area contributed by atoms with Crippen LogP contribution < -0.4 is 0 Å². The molecule has 1 atom stereocenters. The molecule has 0 aliphatic carbocycles. The fourth-order valence-electron chi connectivity index (χ4n) is 1.09. The fraction of sp³-hybridized carbons (Fsp3) is 0.222. The van der Waals surface area contributed by atoms with E-state index in [0.29, 0.717) is 6.42 Å². The van der Waals surface area contributed by atoms with E-state index < -0.39 is 9.51 Å². The topological polar surface area (TPSA) is 60.8 Å². The molecule has 1 rings (SSSR count). The summed E-state index contributed by atoms with van der Waals surface area (Å²) in [6.07, 6.45) is 0.370. The number of carboxylic acid groups (broad SMARTS) is 1. The largest absolute Gasteiger partial charge is 0.508 e. The van der Waals surface area contributed by atoms with Gasteiger partial charge in [0, 0.05) is 52.1 Å². The monoisotopic (exact) mass is 559 g/mol. The van der Waals surface area contributed by atoms with E-state index in [1.165, 1.54) is 0 Å². The molecule has 0 aliphatic heterocycles. The first kappa shape index (κ1) is 14.7. The average Bonchev–Trinajstić information content (AvgIpc) is 2.20. The number of halogens is 3. The number of rotatable bonds is 4. The quantitative estimate of drug-likeness (QED) is 0.258. The van der Waals surface area contributed by atoms with Crippen molar-refractivity contribution in [1.82, 2.24) is 1.33 Å². The number of aromatic hydroxyl groups is 1. The van der Waals surface area contributed by atoms with Gasteiger partial charge in [-0.15, -0.1) is 0 Å². The van der Waals surface area contributed by atoms with Crippen molar-refractivity contribution in [1.29, 1.82) is 0 Å². The van der Waals surface area contributed by atoms with Crippen LogP contribution >= 0.6 is 68.3 Å². The Morgan fingerprint density at radius 3 is 2.19 bits per heavy atom. The van der Waals surface area contributed by atoms with Gasteiger partial charge in [0.25, 0.3) is 0 Å². The number of phenolic OH excluding ortho intramolecular Hbond substituents is 1. The molecular formula is C9H8I3NO3. The van der Waals surface area contributed by atoms with E-state index in [0.717, 1.165) is 5.56 Å². The maximum atomic E-state index is 11.2. The molecule has 0 bridgehead atoms. The molecule has 0 aliphatic rings. The molecule has 16 heavy (non-hydrogen) atoms. The number of hydrogen-bond acceptors (Lipinski definition) is 3. The first-order valence-electron chi connectivity index (χ1n) is 4.18. The maximum absolute atomic E-state index is 11.2. The van der Waals surface area contributed by atoms with E-state index in [1.807, 2.05) is 68.3 Å². The molecule has 1 aromatic carbocycles. The number of alkyl halides is 1. The zero-order valence-electron chi connectivity index (χ0n) is 7.90. The summed E-state index contributed by atoms with van der Waals surface area (Å²) in [5.74, 6) is -0.705. The van der Waals surface area contributed by atoms with Crippen LogP contribution in [-0.2, 0) is 11.2 Å². The van der Waals surface area contributed by atoms with Gasteiger partial charge in [-0.1, -0.05) is 12.1 Å². The van der Waals surface area contributed by atoms with Crippen molar-refractivity contribution < 1.29 is 15.0 Å². The van der Waals surface area contributed by atoms with Gasteiger partial charge in [-0.2, -0.15) is 1.33 Å². The summed E-state index contributed by atoms with van der Waals surface area (Å²) in [6.45, 7) is 0. The molecule has 0 spiro atoms. The van der Waals surface area contributed by atoms with Gasteiger partial charge in [0.15, 0.2) is 3.55 Å². The number of phenols is 1. The summed E-state index contributed by atoms with van der Waals surface area (Å²) in [7, 11) is 0. The lowest BCUT2D eigenvalue weighted by Crippen LogP contribution is -2.41. The SMILES string of the molecule is O=C(O)C(I)(Cc1ccc(O)cc1)N(I)I. The van der Waals surface area contributed by atoms with Crippen LogP contribution in [0, 0.1) is 0 Å². The van der Waals surface area contributed by atoms with E-state index in [9.17, 15) is 9.90 Å². The highest BCUT2D eigenvalue weighted by Crippen LogP contribution is 2.35. The third-order valence-electron chi connectivity index (χ3n) is 1.97. The standard InChI is InChI=1S/C9H8I3NO3/c10-9(8(15)16,13(11)12)5-6-1-3-7(14)4-2-6/h1-4,14H,5H2,(H,15,16). The van der Waals surface area contributed by atoms with Gasteiger partial charge < -0.3 is 10.2 Å². The van der Waals surface area contributed by atoms with Crippen LogP contribution in [0.3, 0.4) is 0 Å². The van der Waals surface area contributed by atoms with Gasteiger partial charge in [-0.05, 0) is 40.3 Å². The Morgan fingerprint density at radius 1 is 1.31 bits per heavy atom. The molecule has 0 heterocycles. The molecule has 0 saturated heterocycles. The second kappa shape index (κ2) is 6.00. The molecule has 7 heteroatoms. The highest BCUT2D eigenvalue weighted by atomic mass is 127. The molecular weight excluding hydrogens is 551 g/mol. The van der Waals surface area contributed by atoms with Crippen molar-refractivity contribution >= 4 is 74.3 Å². The van der Waals surface area contributed by atoms with Gasteiger partial charge in [0.2, 0.25) is 0 Å². The molecule has 2 N–H and O–H groups in total. The Balaban J connectivity index is 2.93. The lowest BCUT2D eigenvalue weighted by Gasteiger charge is -2.26. The Labute approximate surface area is 135 Å². The number of hydrogen-bond donors (Lipinski definition) is 2. The molecule has 0 saturated carbocycles. The third kappa shape index (κ3) is 3.57.